The van der Waals surface area contributed by atoms with E-state index in [0.717, 1.165) is 0 Å². The minimum atomic E-state index is -3.75. The highest BCUT2D eigenvalue weighted by molar-refractivity contribution is 7.90. The molecule has 2 N–H and O–H groups in total. The molecule has 2 aliphatic heterocycles. The van der Waals surface area contributed by atoms with Crippen LogP contribution < -0.4 is 20.1 Å². The number of anilines is 2. The molecule has 9 heteroatoms. The molecule has 0 saturated heterocycles. The Kier molecular flexibility index (Phi) is 5.15. The number of carbonyl (C=O) groups excluding carboxylic acids is 1. The molecule has 2 aromatic carbocycles. The van der Waals surface area contributed by atoms with Crippen LogP contribution in [0, 0.1) is 5.41 Å². The summed E-state index contributed by atoms with van der Waals surface area (Å²) >= 11 is 0. The van der Waals surface area contributed by atoms with Gasteiger partial charge in [0.2, 0.25) is 5.91 Å². The summed E-state index contributed by atoms with van der Waals surface area (Å²) in [5.41, 5.74) is 0.592. The molecule has 8 nitrogen and oxygen atoms in total. The molecule has 4 rings (SSSR count). The molecule has 0 atom stereocenters. The number of fused-ring (bicyclic) bond motifs is 2. The summed E-state index contributed by atoms with van der Waals surface area (Å²) in [6, 6.07) is 11.9. The normalized spacial score (nSPS) is 16.7. The van der Waals surface area contributed by atoms with Crippen LogP contribution in [-0.2, 0) is 14.8 Å². The number of nitrogens with zero attached hydrogens (tertiary/aromatic N) is 1. The van der Waals surface area contributed by atoms with E-state index in [-0.39, 0.29) is 17.2 Å². The molecule has 30 heavy (non-hydrogen) atoms. The SMILES string of the molecule is CC(C)(CC(=O)Nc1ccc2c(c1)OCCO2)CC1=NS(=O)(=O)c2ccccc2N1. The van der Waals surface area contributed by atoms with Crippen LogP contribution in [0.1, 0.15) is 26.7 Å². The van der Waals surface area contributed by atoms with Gasteiger partial charge >= 0.3 is 0 Å². The second-order valence-electron chi connectivity index (χ2n) is 8.06. The summed E-state index contributed by atoms with van der Waals surface area (Å²) in [7, 11) is -3.75. The molecular formula is C21H23N3O5S. The average Bonchev–Trinajstić information content (AvgIpc) is 2.66. The fourth-order valence-corrected chi connectivity index (χ4v) is 4.67. The van der Waals surface area contributed by atoms with Crippen molar-refractivity contribution in [3.63, 3.8) is 0 Å². The van der Waals surface area contributed by atoms with Gasteiger partial charge in [0.25, 0.3) is 10.0 Å². The standard InChI is InChI=1S/C21H23N3O5S/c1-21(2,12-19-23-15-5-3-4-6-18(15)30(26,27)24-19)13-20(25)22-14-7-8-16-17(11-14)29-10-9-28-16/h3-8,11H,9-10,12-13H2,1-2H3,(H,22,25)(H,23,24). The molecule has 0 fully saturated rings. The smallest absolute Gasteiger partial charge is 0.286 e. The predicted molar refractivity (Wildman–Crippen MR) is 114 cm³/mol. The number of rotatable bonds is 5. The van der Waals surface area contributed by atoms with Gasteiger partial charge in [-0.3, -0.25) is 4.79 Å². The van der Waals surface area contributed by atoms with Gasteiger partial charge in [0.15, 0.2) is 11.5 Å². The van der Waals surface area contributed by atoms with Gasteiger partial charge in [0.05, 0.1) is 5.69 Å². The highest BCUT2D eigenvalue weighted by Gasteiger charge is 2.30. The number of hydrogen-bond acceptors (Lipinski definition) is 6. The zero-order chi connectivity index (χ0) is 21.4. The molecule has 2 aromatic rings. The van der Waals surface area contributed by atoms with Crippen LogP contribution in [0.5, 0.6) is 11.5 Å². The fraction of sp³-hybridized carbons (Fsp3) is 0.333. The third-order valence-corrected chi connectivity index (χ3v) is 6.16. The van der Waals surface area contributed by atoms with Gasteiger partial charge in [-0.2, -0.15) is 8.42 Å². The number of ether oxygens (including phenoxy) is 2. The summed E-state index contributed by atoms with van der Waals surface area (Å²) in [5.74, 6) is 1.40. The van der Waals surface area contributed by atoms with E-state index in [1.807, 2.05) is 13.8 Å². The number of carbonyl (C=O) groups is 1. The van der Waals surface area contributed by atoms with E-state index < -0.39 is 15.4 Å². The van der Waals surface area contributed by atoms with Crippen molar-refractivity contribution >= 4 is 33.1 Å². The number of sulfonamides is 1. The maximum atomic E-state index is 12.6. The first-order valence-corrected chi connectivity index (χ1v) is 11.1. The van der Waals surface area contributed by atoms with Crippen molar-refractivity contribution in [1.82, 2.24) is 0 Å². The number of hydrogen-bond donors (Lipinski definition) is 2. The number of nitrogens with one attached hydrogen (secondary N) is 2. The summed E-state index contributed by atoms with van der Waals surface area (Å²) in [5, 5.41) is 5.94. The Balaban J connectivity index is 1.42. The van der Waals surface area contributed by atoms with Crippen LogP contribution in [0.25, 0.3) is 0 Å². The van der Waals surface area contributed by atoms with Crippen LogP contribution in [0.15, 0.2) is 51.8 Å². The lowest BCUT2D eigenvalue weighted by molar-refractivity contribution is -0.117. The van der Waals surface area contributed by atoms with E-state index in [1.165, 1.54) is 6.07 Å². The highest BCUT2D eigenvalue weighted by atomic mass is 32.2. The van der Waals surface area contributed by atoms with Crippen LogP contribution in [0.4, 0.5) is 11.4 Å². The van der Waals surface area contributed by atoms with E-state index in [2.05, 4.69) is 15.0 Å². The monoisotopic (exact) mass is 429 g/mol. The van der Waals surface area contributed by atoms with Crippen molar-refractivity contribution in [2.24, 2.45) is 9.81 Å². The molecule has 0 spiro atoms. The Morgan fingerprint density at radius 2 is 1.87 bits per heavy atom. The van der Waals surface area contributed by atoms with Gasteiger partial charge in [-0.05, 0) is 29.7 Å². The number of amides is 1. The summed E-state index contributed by atoms with van der Waals surface area (Å²) in [4.78, 5) is 12.8. The Labute approximate surface area is 175 Å². The van der Waals surface area contributed by atoms with E-state index in [4.69, 9.17) is 9.47 Å². The molecule has 0 unspecified atom stereocenters. The van der Waals surface area contributed by atoms with E-state index in [0.29, 0.717) is 48.3 Å². The minimum absolute atomic E-state index is 0.155. The van der Waals surface area contributed by atoms with Crippen molar-refractivity contribution in [3.8, 4) is 11.5 Å². The van der Waals surface area contributed by atoms with Gasteiger partial charge in [-0.1, -0.05) is 26.0 Å². The second-order valence-corrected chi connectivity index (χ2v) is 9.63. The molecule has 2 aliphatic rings. The number of amidine groups is 1. The Morgan fingerprint density at radius 3 is 2.67 bits per heavy atom. The Morgan fingerprint density at radius 1 is 1.13 bits per heavy atom. The molecule has 0 aromatic heterocycles. The van der Waals surface area contributed by atoms with Crippen molar-refractivity contribution in [2.75, 3.05) is 23.8 Å². The molecule has 1 amide bonds. The highest BCUT2D eigenvalue weighted by Crippen LogP contribution is 2.34. The molecular weight excluding hydrogens is 406 g/mol. The van der Waals surface area contributed by atoms with Crippen LogP contribution in [0.3, 0.4) is 0 Å². The first kappa shape index (κ1) is 20.2. The maximum absolute atomic E-state index is 12.6. The zero-order valence-corrected chi connectivity index (χ0v) is 17.6. The topological polar surface area (TPSA) is 106 Å². The summed E-state index contributed by atoms with van der Waals surface area (Å²) in [6.45, 7) is 4.77. The lowest BCUT2D eigenvalue weighted by Gasteiger charge is -2.27. The number of para-hydroxylation sites is 1. The Bertz CT molecular complexity index is 1130. The minimum Gasteiger partial charge on any atom is -0.486 e. The second kappa shape index (κ2) is 7.64. The van der Waals surface area contributed by atoms with Gasteiger partial charge < -0.3 is 20.1 Å². The zero-order valence-electron chi connectivity index (χ0n) is 16.8. The third-order valence-electron chi connectivity index (χ3n) is 4.79. The maximum Gasteiger partial charge on any atom is 0.286 e. The van der Waals surface area contributed by atoms with Crippen molar-refractivity contribution in [1.29, 1.82) is 0 Å². The lowest BCUT2D eigenvalue weighted by Crippen LogP contribution is -2.30. The van der Waals surface area contributed by atoms with E-state index in [9.17, 15) is 13.2 Å². The van der Waals surface area contributed by atoms with Gasteiger partial charge in [0, 0.05) is 24.6 Å². The summed E-state index contributed by atoms with van der Waals surface area (Å²) < 4.78 is 39.8. The molecule has 2 heterocycles. The number of benzene rings is 2. The van der Waals surface area contributed by atoms with Crippen LogP contribution >= 0.6 is 0 Å². The van der Waals surface area contributed by atoms with Crippen molar-refractivity contribution < 1.29 is 22.7 Å². The largest absolute Gasteiger partial charge is 0.486 e. The molecule has 0 aliphatic carbocycles. The average molecular weight is 429 g/mol. The lowest BCUT2D eigenvalue weighted by atomic mass is 9.84. The first-order valence-electron chi connectivity index (χ1n) is 9.61. The van der Waals surface area contributed by atoms with Crippen LogP contribution in [-0.4, -0.2) is 33.4 Å². The van der Waals surface area contributed by atoms with E-state index in [1.54, 1.807) is 36.4 Å². The van der Waals surface area contributed by atoms with Gasteiger partial charge in [-0.15, -0.1) is 4.40 Å². The third kappa shape index (κ3) is 4.40. The molecule has 158 valence electrons. The molecule has 0 radical (unpaired) electrons. The van der Waals surface area contributed by atoms with E-state index >= 15 is 0 Å². The van der Waals surface area contributed by atoms with Crippen LogP contribution in [0.2, 0.25) is 0 Å². The van der Waals surface area contributed by atoms with Crippen molar-refractivity contribution in [3.05, 3.63) is 42.5 Å². The fourth-order valence-electron chi connectivity index (χ4n) is 3.52. The van der Waals surface area contributed by atoms with Gasteiger partial charge in [0.1, 0.15) is 23.9 Å². The Hall–Kier alpha value is -3.07. The molecule has 0 saturated carbocycles. The van der Waals surface area contributed by atoms with Crippen molar-refractivity contribution in [2.45, 2.75) is 31.6 Å². The van der Waals surface area contributed by atoms with Gasteiger partial charge in [-0.25, -0.2) is 0 Å². The summed E-state index contributed by atoms with van der Waals surface area (Å²) in [6.07, 6.45) is 0.485. The quantitative estimate of drug-likeness (QED) is 0.754. The predicted octanol–water partition coefficient (Wildman–Crippen LogP) is 3.42. The molecule has 0 bridgehead atoms. The first-order chi connectivity index (χ1) is 14.2.